The second-order valence-electron chi connectivity index (χ2n) is 11.3. The van der Waals surface area contributed by atoms with Gasteiger partial charge in [0, 0.05) is 37.3 Å². The van der Waals surface area contributed by atoms with Gasteiger partial charge in [-0.3, -0.25) is 9.69 Å². The minimum atomic E-state index is -0.692. The molecule has 1 aliphatic carbocycles. The van der Waals surface area contributed by atoms with E-state index in [-0.39, 0.29) is 17.5 Å². The molecular weight excluding hydrogens is 508 g/mol. The van der Waals surface area contributed by atoms with E-state index in [9.17, 15) is 13.6 Å². The van der Waals surface area contributed by atoms with Crippen LogP contribution < -0.4 is 5.73 Å². The number of carbonyl (C=O) groups excluding carboxylic acids is 1. The highest BCUT2D eigenvalue weighted by Gasteiger charge is 2.35. The summed E-state index contributed by atoms with van der Waals surface area (Å²) < 4.78 is 30.2. The number of hydrogen-bond acceptors (Lipinski definition) is 4. The summed E-state index contributed by atoms with van der Waals surface area (Å²) >= 11 is 0. The zero-order valence-corrected chi connectivity index (χ0v) is 22.6. The summed E-state index contributed by atoms with van der Waals surface area (Å²) in [4.78, 5) is 18.2. The molecule has 0 radical (unpaired) electrons. The zero-order chi connectivity index (χ0) is 27.6. The van der Waals surface area contributed by atoms with Gasteiger partial charge in [0.1, 0.15) is 11.5 Å². The van der Waals surface area contributed by atoms with Crippen LogP contribution in [0.25, 0.3) is 5.69 Å². The van der Waals surface area contributed by atoms with Gasteiger partial charge in [-0.05, 0) is 80.4 Å². The number of halogens is 2. The van der Waals surface area contributed by atoms with Gasteiger partial charge >= 0.3 is 0 Å². The van der Waals surface area contributed by atoms with Crippen LogP contribution in [0.2, 0.25) is 0 Å². The summed E-state index contributed by atoms with van der Waals surface area (Å²) in [5, 5.41) is 4.51. The van der Waals surface area contributed by atoms with Gasteiger partial charge in [-0.25, -0.2) is 13.5 Å². The normalized spacial score (nSPS) is 21.8. The molecule has 3 aliphatic rings. The maximum atomic E-state index is 15.0. The SMILES string of the molecule is Nc1ccc(CN2CCC(c3c(C(=O)N4CC[C@H](C5C=CC=CC5)C4)cnn3-c3ccc(F)cc3F)CC2)cc1. The molecule has 0 saturated carbocycles. The first-order valence-electron chi connectivity index (χ1n) is 14.2. The van der Waals surface area contributed by atoms with E-state index >= 15 is 0 Å². The average molecular weight is 544 g/mol. The van der Waals surface area contributed by atoms with Crippen LogP contribution in [0.4, 0.5) is 14.5 Å². The average Bonchev–Trinajstić information content (AvgIpc) is 3.63. The van der Waals surface area contributed by atoms with E-state index in [2.05, 4.69) is 34.3 Å². The van der Waals surface area contributed by atoms with Gasteiger partial charge in [0.25, 0.3) is 5.91 Å². The van der Waals surface area contributed by atoms with E-state index in [1.807, 2.05) is 29.2 Å². The number of benzene rings is 2. The Morgan fingerprint density at radius 2 is 1.80 bits per heavy atom. The number of aromatic nitrogens is 2. The van der Waals surface area contributed by atoms with Crippen LogP contribution in [0.3, 0.4) is 0 Å². The molecule has 2 N–H and O–H groups in total. The van der Waals surface area contributed by atoms with E-state index in [1.54, 1.807) is 6.20 Å². The van der Waals surface area contributed by atoms with Gasteiger partial charge in [-0.1, -0.05) is 36.4 Å². The highest BCUT2D eigenvalue weighted by Crippen LogP contribution is 2.36. The van der Waals surface area contributed by atoms with Crippen LogP contribution in [-0.2, 0) is 6.54 Å². The third-order valence-corrected chi connectivity index (χ3v) is 8.67. The fourth-order valence-corrected chi connectivity index (χ4v) is 6.45. The van der Waals surface area contributed by atoms with Crippen molar-refractivity contribution in [1.82, 2.24) is 19.6 Å². The topological polar surface area (TPSA) is 67.4 Å². The Morgan fingerprint density at radius 3 is 2.52 bits per heavy atom. The second kappa shape index (κ2) is 11.4. The maximum Gasteiger partial charge on any atom is 0.257 e. The van der Waals surface area contributed by atoms with Gasteiger partial charge in [0.2, 0.25) is 0 Å². The third-order valence-electron chi connectivity index (χ3n) is 8.67. The van der Waals surface area contributed by atoms with Crippen molar-refractivity contribution in [3.05, 3.63) is 101 Å². The van der Waals surface area contributed by atoms with Gasteiger partial charge in [0.05, 0.1) is 17.5 Å². The van der Waals surface area contributed by atoms with E-state index in [0.717, 1.165) is 62.8 Å². The minimum absolute atomic E-state index is 0.0263. The lowest BCUT2D eigenvalue weighted by Crippen LogP contribution is -2.35. The molecule has 2 atom stereocenters. The number of nitrogen functional groups attached to an aromatic ring is 1. The van der Waals surface area contributed by atoms with Crippen LogP contribution in [0.15, 0.2) is 73.0 Å². The summed E-state index contributed by atoms with van der Waals surface area (Å²) in [6.45, 7) is 3.91. The standard InChI is InChI=1S/C32H35F2N5O/c33-26-8-11-30(29(34)18-26)39-31(24-12-15-37(16-13-24)20-22-6-9-27(35)10-7-22)28(19-36-39)32(40)38-17-14-25(21-38)23-4-2-1-3-5-23/h1-4,6-11,18-19,23-25H,5,12-17,20-21,35H2/t23?,25-/m0/s1. The molecule has 6 rings (SSSR count). The molecule has 2 aliphatic heterocycles. The predicted octanol–water partition coefficient (Wildman–Crippen LogP) is 5.71. The van der Waals surface area contributed by atoms with Gasteiger partial charge in [-0.15, -0.1) is 0 Å². The number of allylic oxidation sites excluding steroid dienone is 4. The summed E-state index contributed by atoms with van der Waals surface area (Å²) in [5.41, 5.74) is 9.21. The first-order chi connectivity index (χ1) is 19.5. The Hall–Kier alpha value is -3.78. The molecule has 0 bridgehead atoms. The zero-order valence-electron chi connectivity index (χ0n) is 22.6. The molecule has 2 saturated heterocycles. The highest BCUT2D eigenvalue weighted by atomic mass is 19.1. The minimum Gasteiger partial charge on any atom is -0.399 e. The fraction of sp³-hybridized carbons (Fsp3) is 0.375. The van der Waals surface area contributed by atoms with Gasteiger partial charge in [0.15, 0.2) is 5.82 Å². The number of carbonyl (C=O) groups is 1. The first kappa shape index (κ1) is 26.4. The second-order valence-corrected chi connectivity index (χ2v) is 11.3. The van der Waals surface area contributed by atoms with Crippen molar-refractivity contribution in [3.8, 4) is 5.69 Å². The molecule has 2 fully saturated rings. The van der Waals surface area contributed by atoms with E-state index in [4.69, 9.17) is 5.73 Å². The molecule has 6 nitrogen and oxygen atoms in total. The van der Waals surface area contributed by atoms with Gasteiger partial charge < -0.3 is 10.6 Å². The predicted molar refractivity (Wildman–Crippen MR) is 152 cm³/mol. The Kier molecular flexibility index (Phi) is 7.52. The Balaban J connectivity index is 1.24. The number of hydrogen-bond donors (Lipinski definition) is 1. The van der Waals surface area contributed by atoms with E-state index in [0.29, 0.717) is 30.5 Å². The highest BCUT2D eigenvalue weighted by molar-refractivity contribution is 5.95. The number of likely N-dealkylation sites (tertiary alicyclic amines) is 2. The van der Waals surface area contributed by atoms with Crippen molar-refractivity contribution in [2.24, 2.45) is 11.8 Å². The number of rotatable bonds is 6. The summed E-state index contributed by atoms with van der Waals surface area (Å²) in [7, 11) is 0. The molecule has 8 heteroatoms. The van der Waals surface area contributed by atoms with Crippen molar-refractivity contribution >= 4 is 11.6 Å². The molecule has 3 heterocycles. The molecule has 1 amide bonds. The van der Waals surface area contributed by atoms with Crippen LogP contribution in [0, 0.1) is 23.5 Å². The molecule has 3 aromatic rings. The molecule has 208 valence electrons. The first-order valence-corrected chi connectivity index (χ1v) is 14.2. The Labute approximate surface area is 233 Å². The molecule has 40 heavy (non-hydrogen) atoms. The monoisotopic (exact) mass is 543 g/mol. The smallest absolute Gasteiger partial charge is 0.257 e. The molecule has 1 aromatic heterocycles. The number of anilines is 1. The Morgan fingerprint density at radius 1 is 1.00 bits per heavy atom. The van der Waals surface area contributed by atoms with Crippen LogP contribution >= 0.6 is 0 Å². The quantitative estimate of drug-likeness (QED) is 0.405. The molecule has 2 aromatic carbocycles. The van der Waals surface area contributed by atoms with Crippen LogP contribution in [0.1, 0.15) is 53.2 Å². The summed E-state index contributed by atoms with van der Waals surface area (Å²) in [6.07, 6.45) is 13.8. The largest absolute Gasteiger partial charge is 0.399 e. The van der Waals surface area contributed by atoms with Crippen molar-refractivity contribution in [2.45, 2.75) is 38.1 Å². The molecule has 0 spiro atoms. The maximum absolute atomic E-state index is 15.0. The number of amides is 1. The summed E-state index contributed by atoms with van der Waals surface area (Å²) in [6, 6.07) is 11.4. The van der Waals surface area contributed by atoms with Gasteiger partial charge in [-0.2, -0.15) is 5.10 Å². The molecule has 1 unspecified atom stereocenters. The number of piperidine rings is 1. The van der Waals surface area contributed by atoms with Crippen LogP contribution in [-0.4, -0.2) is 51.7 Å². The number of nitrogens with two attached hydrogens (primary N) is 1. The van der Waals surface area contributed by atoms with Crippen LogP contribution in [0.5, 0.6) is 0 Å². The molecular formula is C32H35F2N5O. The Bertz CT molecular complexity index is 1420. The van der Waals surface area contributed by atoms with E-state index in [1.165, 1.54) is 22.4 Å². The van der Waals surface area contributed by atoms with E-state index < -0.39 is 11.6 Å². The van der Waals surface area contributed by atoms with Crippen molar-refractivity contribution in [3.63, 3.8) is 0 Å². The number of nitrogens with zero attached hydrogens (tertiary/aromatic N) is 4. The summed E-state index contributed by atoms with van der Waals surface area (Å²) in [5.74, 6) is -0.484. The lowest BCUT2D eigenvalue weighted by atomic mass is 9.86. The van der Waals surface area contributed by atoms with Crippen molar-refractivity contribution < 1.29 is 13.6 Å². The lowest BCUT2D eigenvalue weighted by Gasteiger charge is -2.33. The third kappa shape index (κ3) is 5.45. The van der Waals surface area contributed by atoms with Crippen molar-refractivity contribution in [1.29, 1.82) is 0 Å². The lowest BCUT2D eigenvalue weighted by molar-refractivity contribution is 0.0781. The van der Waals surface area contributed by atoms with Crippen molar-refractivity contribution in [2.75, 3.05) is 31.9 Å². The fourth-order valence-electron chi connectivity index (χ4n) is 6.45.